The van der Waals surface area contributed by atoms with Crippen LogP contribution in [0, 0.1) is 0 Å². The van der Waals surface area contributed by atoms with Crippen LogP contribution in [-0.2, 0) is 27.6 Å². The van der Waals surface area contributed by atoms with Crippen LogP contribution >= 0.6 is 0 Å². The molecule has 0 spiro atoms. The predicted octanol–water partition coefficient (Wildman–Crippen LogP) is 4.22. The lowest BCUT2D eigenvalue weighted by molar-refractivity contribution is -0.130. The van der Waals surface area contributed by atoms with Crippen LogP contribution in [0.15, 0.2) is 57.8 Å². The number of hydrogen-bond donors (Lipinski definition) is 0. The molecular formula is C23H27NO5S. The summed E-state index contributed by atoms with van der Waals surface area (Å²) in [5.74, 6) is 1.54. The summed E-state index contributed by atoms with van der Waals surface area (Å²) < 4.78 is 34.5. The lowest BCUT2D eigenvalue weighted by Crippen LogP contribution is -2.26. The first-order valence-electron chi connectivity index (χ1n) is 9.95. The first kappa shape index (κ1) is 21.9. The van der Waals surface area contributed by atoms with Gasteiger partial charge in [0.05, 0.1) is 11.5 Å². The van der Waals surface area contributed by atoms with Gasteiger partial charge in [-0.3, -0.25) is 4.79 Å². The van der Waals surface area contributed by atoms with E-state index in [0.29, 0.717) is 31.7 Å². The fourth-order valence-electron chi connectivity index (χ4n) is 3.32. The fraction of sp³-hybridized carbons (Fsp3) is 0.348. The third-order valence-corrected chi connectivity index (χ3v) is 6.11. The SMILES string of the molecule is CCc1oc2ccccc2c1CN(C)C(=O)CCCOc1ccc(S(C)(=O)=O)cc1. The molecule has 0 atom stereocenters. The minimum atomic E-state index is -3.22. The second-order valence-electron chi connectivity index (χ2n) is 7.30. The Balaban J connectivity index is 1.51. The van der Waals surface area contributed by atoms with E-state index in [0.717, 1.165) is 28.7 Å². The molecule has 6 nitrogen and oxygen atoms in total. The standard InChI is InChI=1S/C23H27NO5S/c1-4-21-20(19-8-5-6-9-22(19)29-21)16-24(2)23(25)10-7-15-28-17-11-13-18(14-12-17)30(3,26)27/h5-6,8-9,11-14H,4,7,10,15-16H2,1-3H3. The van der Waals surface area contributed by atoms with Crippen LogP contribution in [0.2, 0.25) is 0 Å². The summed E-state index contributed by atoms with van der Waals surface area (Å²) in [6.45, 7) is 2.93. The van der Waals surface area contributed by atoms with Crippen molar-refractivity contribution < 1.29 is 22.4 Å². The summed E-state index contributed by atoms with van der Waals surface area (Å²) in [6.07, 6.45) is 2.89. The molecule has 3 rings (SSSR count). The number of fused-ring (bicyclic) bond motifs is 1. The maximum atomic E-state index is 12.5. The average Bonchev–Trinajstić information content (AvgIpc) is 3.08. The van der Waals surface area contributed by atoms with Gasteiger partial charge in [0.15, 0.2) is 9.84 Å². The molecule has 160 valence electrons. The highest BCUT2D eigenvalue weighted by molar-refractivity contribution is 7.90. The topological polar surface area (TPSA) is 76.8 Å². The van der Waals surface area contributed by atoms with Gasteiger partial charge in [-0.2, -0.15) is 0 Å². The van der Waals surface area contributed by atoms with Crippen molar-refractivity contribution in [3.8, 4) is 5.75 Å². The Labute approximate surface area is 177 Å². The van der Waals surface area contributed by atoms with Crippen LogP contribution in [0.1, 0.15) is 31.1 Å². The van der Waals surface area contributed by atoms with Gasteiger partial charge in [-0.25, -0.2) is 8.42 Å². The second kappa shape index (κ2) is 9.34. The maximum absolute atomic E-state index is 12.5. The number of para-hydroxylation sites is 1. The number of rotatable bonds is 9. The zero-order valence-electron chi connectivity index (χ0n) is 17.6. The van der Waals surface area contributed by atoms with Crippen molar-refractivity contribution in [2.75, 3.05) is 19.9 Å². The Morgan fingerprint density at radius 2 is 1.80 bits per heavy atom. The van der Waals surface area contributed by atoms with Gasteiger partial charge >= 0.3 is 0 Å². The van der Waals surface area contributed by atoms with Crippen molar-refractivity contribution in [2.24, 2.45) is 0 Å². The molecular weight excluding hydrogens is 402 g/mol. The normalized spacial score (nSPS) is 11.6. The van der Waals surface area contributed by atoms with E-state index in [2.05, 4.69) is 0 Å². The van der Waals surface area contributed by atoms with E-state index in [-0.39, 0.29) is 10.8 Å². The van der Waals surface area contributed by atoms with Gasteiger partial charge in [0.1, 0.15) is 17.1 Å². The van der Waals surface area contributed by atoms with E-state index in [1.807, 2.05) is 31.2 Å². The minimum absolute atomic E-state index is 0.0401. The number of sulfone groups is 1. The van der Waals surface area contributed by atoms with Crippen LogP contribution in [0.5, 0.6) is 5.75 Å². The zero-order valence-corrected chi connectivity index (χ0v) is 18.4. The van der Waals surface area contributed by atoms with Crippen molar-refractivity contribution in [2.45, 2.75) is 37.6 Å². The summed E-state index contributed by atoms with van der Waals surface area (Å²) in [5, 5.41) is 1.05. The lowest BCUT2D eigenvalue weighted by Gasteiger charge is -2.17. The van der Waals surface area contributed by atoms with E-state index >= 15 is 0 Å². The van der Waals surface area contributed by atoms with Crippen molar-refractivity contribution in [3.05, 3.63) is 59.9 Å². The summed E-state index contributed by atoms with van der Waals surface area (Å²) in [4.78, 5) is 14.5. The Bertz CT molecular complexity index is 1120. The largest absolute Gasteiger partial charge is 0.494 e. The first-order chi connectivity index (χ1) is 14.3. The van der Waals surface area contributed by atoms with Crippen molar-refractivity contribution in [1.82, 2.24) is 4.90 Å². The van der Waals surface area contributed by atoms with Gasteiger partial charge in [0, 0.05) is 43.6 Å². The first-order valence-corrected chi connectivity index (χ1v) is 11.8. The summed E-state index contributed by atoms with van der Waals surface area (Å²) in [6, 6.07) is 14.2. The molecule has 0 radical (unpaired) electrons. The van der Waals surface area contributed by atoms with Gasteiger partial charge in [0.2, 0.25) is 5.91 Å². The van der Waals surface area contributed by atoms with Gasteiger partial charge in [0.25, 0.3) is 0 Å². The number of hydrogen-bond acceptors (Lipinski definition) is 5. The molecule has 0 aliphatic carbocycles. The molecule has 0 N–H and O–H groups in total. The number of amides is 1. The molecule has 1 heterocycles. The molecule has 0 bridgehead atoms. The van der Waals surface area contributed by atoms with E-state index in [1.165, 1.54) is 18.4 Å². The van der Waals surface area contributed by atoms with E-state index < -0.39 is 9.84 Å². The van der Waals surface area contributed by atoms with Crippen LogP contribution in [-0.4, -0.2) is 39.1 Å². The monoisotopic (exact) mass is 429 g/mol. The Morgan fingerprint density at radius 1 is 1.10 bits per heavy atom. The van der Waals surface area contributed by atoms with E-state index in [4.69, 9.17) is 9.15 Å². The van der Waals surface area contributed by atoms with Crippen molar-refractivity contribution >= 4 is 26.7 Å². The van der Waals surface area contributed by atoms with Gasteiger partial charge in [-0.15, -0.1) is 0 Å². The average molecular weight is 430 g/mol. The quantitative estimate of drug-likeness (QED) is 0.476. The molecule has 0 aliphatic heterocycles. The molecule has 0 unspecified atom stereocenters. The van der Waals surface area contributed by atoms with Crippen LogP contribution in [0.3, 0.4) is 0 Å². The summed E-state index contributed by atoms with van der Waals surface area (Å²) >= 11 is 0. The van der Waals surface area contributed by atoms with Gasteiger partial charge in [-0.1, -0.05) is 25.1 Å². The number of carbonyl (C=O) groups is 1. The van der Waals surface area contributed by atoms with Crippen molar-refractivity contribution in [3.63, 3.8) is 0 Å². The third kappa shape index (κ3) is 5.21. The number of ether oxygens (including phenoxy) is 1. The molecule has 1 aromatic heterocycles. The molecule has 0 saturated carbocycles. The number of benzene rings is 2. The highest BCUT2D eigenvalue weighted by Crippen LogP contribution is 2.27. The Kier molecular flexibility index (Phi) is 6.82. The van der Waals surface area contributed by atoms with Crippen LogP contribution in [0.25, 0.3) is 11.0 Å². The molecule has 2 aromatic carbocycles. The number of furan rings is 1. The zero-order chi connectivity index (χ0) is 21.7. The molecule has 0 aliphatic rings. The molecule has 3 aromatic rings. The molecule has 1 amide bonds. The molecule has 0 fully saturated rings. The molecule has 30 heavy (non-hydrogen) atoms. The predicted molar refractivity (Wildman–Crippen MR) is 116 cm³/mol. The Hall–Kier alpha value is -2.80. The minimum Gasteiger partial charge on any atom is -0.494 e. The highest BCUT2D eigenvalue weighted by atomic mass is 32.2. The van der Waals surface area contributed by atoms with Gasteiger partial charge < -0.3 is 14.1 Å². The highest BCUT2D eigenvalue weighted by Gasteiger charge is 2.17. The number of carbonyl (C=O) groups excluding carboxylic acids is 1. The molecule has 0 saturated heterocycles. The summed E-state index contributed by atoms with van der Waals surface area (Å²) in [7, 11) is -1.42. The smallest absolute Gasteiger partial charge is 0.222 e. The second-order valence-corrected chi connectivity index (χ2v) is 9.31. The fourth-order valence-corrected chi connectivity index (χ4v) is 3.95. The van der Waals surface area contributed by atoms with E-state index in [9.17, 15) is 13.2 Å². The van der Waals surface area contributed by atoms with E-state index in [1.54, 1.807) is 24.1 Å². The lowest BCUT2D eigenvalue weighted by atomic mass is 10.1. The van der Waals surface area contributed by atoms with Crippen molar-refractivity contribution in [1.29, 1.82) is 0 Å². The van der Waals surface area contributed by atoms with Crippen LogP contribution in [0.4, 0.5) is 0 Å². The molecule has 7 heteroatoms. The van der Waals surface area contributed by atoms with Crippen LogP contribution < -0.4 is 4.74 Å². The number of nitrogens with zero attached hydrogens (tertiary/aromatic N) is 1. The Morgan fingerprint density at radius 3 is 2.47 bits per heavy atom. The third-order valence-electron chi connectivity index (χ3n) is 4.98. The number of aryl methyl sites for hydroxylation is 1. The summed E-state index contributed by atoms with van der Waals surface area (Å²) in [5.41, 5.74) is 1.91. The maximum Gasteiger partial charge on any atom is 0.222 e. The van der Waals surface area contributed by atoms with Gasteiger partial charge in [-0.05, 0) is 36.8 Å².